The Labute approximate surface area is 94.8 Å². The maximum atomic E-state index is 7.50. The van der Waals surface area contributed by atoms with Crippen LogP contribution in [-0.2, 0) is 4.74 Å². The zero-order valence-electron chi connectivity index (χ0n) is 8.82. The van der Waals surface area contributed by atoms with Crippen molar-refractivity contribution in [3.05, 3.63) is 0 Å². The molecule has 0 aromatic rings. The molecule has 0 radical (unpaired) electrons. The molecule has 1 saturated carbocycles. The van der Waals surface area contributed by atoms with Crippen LogP contribution < -0.4 is 0 Å². The van der Waals surface area contributed by atoms with Gasteiger partial charge in [0.25, 0.3) is 0 Å². The lowest BCUT2D eigenvalue weighted by Crippen LogP contribution is -2.39. The fraction of sp³-hybridized carbons (Fsp3) is 0.800. The average Bonchev–Trinajstić information content (AvgIpc) is 2.94. The molecule has 2 fully saturated rings. The summed E-state index contributed by atoms with van der Waals surface area (Å²) in [5.41, 5.74) is 0. The second-order valence-corrected chi connectivity index (χ2v) is 4.32. The van der Waals surface area contributed by atoms with Crippen molar-refractivity contribution in [3.63, 3.8) is 0 Å². The number of halogens is 1. The molecule has 2 rings (SSSR count). The second-order valence-electron chi connectivity index (χ2n) is 3.91. The molecule has 2 aliphatic rings. The first-order valence-electron chi connectivity index (χ1n) is 5.29. The van der Waals surface area contributed by atoms with Gasteiger partial charge in [0, 0.05) is 19.1 Å². The summed E-state index contributed by atoms with van der Waals surface area (Å²) in [4.78, 5) is 6.70. The van der Waals surface area contributed by atoms with Gasteiger partial charge in [-0.25, -0.2) is 0 Å². The van der Waals surface area contributed by atoms with Gasteiger partial charge in [-0.05, 0) is 13.1 Å². The third-order valence-corrected chi connectivity index (χ3v) is 3.28. The van der Waals surface area contributed by atoms with Crippen molar-refractivity contribution in [2.45, 2.75) is 19.0 Å². The SMILES string of the molecule is CC=N[C@H]1C(C(=N)Cl)C1N1CCOCC1. The van der Waals surface area contributed by atoms with Crippen LogP contribution in [0.3, 0.4) is 0 Å². The molecule has 2 unspecified atom stereocenters. The summed E-state index contributed by atoms with van der Waals surface area (Å²) in [5, 5.41) is 7.74. The zero-order chi connectivity index (χ0) is 10.8. The number of hydrogen-bond donors (Lipinski definition) is 1. The zero-order valence-corrected chi connectivity index (χ0v) is 9.57. The Morgan fingerprint density at radius 3 is 2.73 bits per heavy atom. The lowest BCUT2D eigenvalue weighted by Gasteiger charge is -2.26. The Morgan fingerprint density at radius 1 is 1.53 bits per heavy atom. The molecule has 1 aliphatic carbocycles. The molecule has 3 atom stereocenters. The summed E-state index contributed by atoms with van der Waals surface area (Å²) < 4.78 is 5.30. The maximum absolute atomic E-state index is 7.50. The Kier molecular flexibility index (Phi) is 3.38. The number of rotatable bonds is 3. The molecule has 0 spiro atoms. The van der Waals surface area contributed by atoms with Crippen LogP contribution in [0.25, 0.3) is 0 Å². The standard InChI is InChI=1S/C10H16ClN3O/c1-2-13-8-7(10(11)12)9(8)14-3-5-15-6-4-14/h2,7-9,12H,3-6H2,1H3/t7?,8-,9?/m0/s1. The van der Waals surface area contributed by atoms with E-state index >= 15 is 0 Å². The highest BCUT2D eigenvalue weighted by Crippen LogP contribution is 2.41. The maximum Gasteiger partial charge on any atom is 0.104 e. The topological polar surface area (TPSA) is 48.7 Å². The summed E-state index contributed by atoms with van der Waals surface area (Å²) in [7, 11) is 0. The number of nitrogens with one attached hydrogen (secondary N) is 1. The van der Waals surface area contributed by atoms with E-state index in [1.165, 1.54) is 0 Å². The second kappa shape index (κ2) is 4.60. The van der Waals surface area contributed by atoms with Gasteiger partial charge in [0.2, 0.25) is 0 Å². The van der Waals surface area contributed by atoms with E-state index in [1.807, 2.05) is 6.92 Å². The van der Waals surface area contributed by atoms with E-state index in [0.717, 1.165) is 26.3 Å². The van der Waals surface area contributed by atoms with E-state index < -0.39 is 0 Å². The van der Waals surface area contributed by atoms with Crippen LogP contribution in [0.2, 0.25) is 0 Å². The van der Waals surface area contributed by atoms with Gasteiger partial charge in [0.1, 0.15) is 5.17 Å². The van der Waals surface area contributed by atoms with Crippen molar-refractivity contribution in [1.82, 2.24) is 4.90 Å². The predicted octanol–water partition coefficient (Wildman–Crippen LogP) is 0.992. The Hall–Kier alpha value is -0.450. The van der Waals surface area contributed by atoms with Crippen LogP contribution >= 0.6 is 11.6 Å². The summed E-state index contributed by atoms with van der Waals surface area (Å²) in [6.07, 6.45) is 1.80. The molecular formula is C10H16ClN3O. The van der Waals surface area contributed by atoms with E-state index in [-0.39, 0.29) is 17.1 Å². The fourth-order valence-corrected chi connectivity index (χ4v) is 2.51. The van der Waals surface area contributed by atoms with Crippen molar-refractivity contribution in [1.29, 1.82) is 5.41 Å². The van der Waals surface area contributed by atoms with Crippen LogP contribution in [0, 0.1) is 11.3 Å². The molecule has 0 amide bonds. The molecule has 1 heterocycles. The first-order chi connectivity index (χ1) is 7.25. The minimum Gasteiger partial charge on any atom is -0.379 e. The molecule has 0 aromatic carbocycles. The molecule has 5 heteroatoms. The summed E-state index contributed by atoms with van der Waals surface area (Å²) in [5.74, 6) is 0.112. The van der Waals surface area contributed by atoms with Crippen molar-refractivity contribution in [3.8, 4) is 0 Å². The lowest BCUT2D eigenvalue weighted by atomic mass is 10.3. The highest BCUT2D eigenvalue weighted by molar-refractivity contribution is 6.65. The van der Waals surface area contributed by atoms with Gasteiger partial charge in [-0.15, -0.1) is 0 Å². The number of ether oxygens (including phenoxy) is 1. The van der Waals surface area contributed by atoms with Gasteiger partial charge in [0.15, 0.2) is 0 Å². The molecule has 15 heavy (non-hydrogen) atoms. The van der Waals surface area contributed by atoms with Crippen molar-refractivity contribution >= 4 is 23.0 Å². The van der Waals surface area contributed by atoms with Crippen molar-refractivity contribution < 1.29 is 4.74 Å². The molecule has 4 nitrogen and oxygen atoms in total. The van der Waals surface area contributed by atoms with Crippen molar-refractivity contribution in [2.75, 3.05) is 26.3 Å². The van der Waals surface area contributed by atoms with E-state index in [0.29, 0.717) is 6.04 Å². The van der Waals surface area contributed by atoms with Gasteiger partial charge < -0.3 is 4.74 Å². The molecule has 84 valence electrons. The fourth-order valence-electron chi connectivity index (χ4n) is 2.25. The van der Waals surface area contributed by atoms with Crippen LogP contribution in [0.5, 0.6) is 0 Å². The van der Waals surface area contributed by atoms with Gasteiger partial charge in [0.05, 0.1) is 25.2 Å². The van der Waals surface area contributed by atoms with Gasteiger partial charge in [-0.2, -0.15) is 0 Å². The molecule has 1 aliphatic heterocycles. The largest absolute Gasteiger partial charge is 0.379 e. The van der Waals surface area contributed by atoms with E-state index in [1.54, 1.807) is 6.21 Å². The van der Waals surface area contributed by atoms with Crippen LogP contribution in [0.15, 0.2) is 4.99 Å². The number of aliphatic imine (C=N–C) groups is 1. The summed E-state index contributed by atoms with van der Waals surface area (Å²) >= 11 is 5.77. The van der Waals surface area contributed by atoms with Crippen molar-refractivity contribution in [2.24, 2.45) is 10.9 Å². The Morgan fingerprint density at radius 2 is 2.20 bits per heavy atom. The van der Waals surface area contributed by atoms with Crippen LogP contribution in [0.1, 0.15) is 6.92 Å². The number of morpholine rings is 1. The normalized spacial score (nSPS) is 37.1. The lowest BCUT2D eigenvalue weighted by molar-refractivity contribution is 0.0322. The first-order valence-corrected chi connectivity index (χ1v) is 5.67. The first kappa shape index (κ1) is 11.0. The summed E-state index contributed by atoms with van der Waals surface area (Å²) in [6, 6.07) is 0.521. The third-order valence-electron chi connectivity index (χ3n) is 3.03. The monoisotopic (exact) mass is 229 g/mol. The minimum absolute atomic E-state index is 0.112. The van der Waals surface area contributed by atoms with E-state index in [2.05, 4.69) is 9.89 Å². The predicted molar refractivity (Wildman–Crippen MR) is 61.2 cm³/mol. The molecular weight excluding hydrogens is 214 g/mol. The summed E-state index contributed by atoms with van der Waals surface area (Å²) in [6.45, 7) is 5.33. The molecule has 0 aromatic heterocycles. The Bertz CT molecular complexity index is 276. The molecule has 1 N–H and O–H groups in total. The van der Waals surface area contributed by atoms with Crippen LogP contribution in [-0.4, -0.2) is 54.7 Å². The average molecular weight is 230 g/mol. The third kappa shape index (κ3) is 2.22. The van der Waals surface area contributed by atoms with E-state index in [4.69, 9.17) is 21.7 Å². The quantitative estimate of drug-likeness (QED) is 0.734. The smallest absolute Gasteiger partial charge is 0.104 e. The van der Waals surface area contributed by atoms with Crippen LogP contribution in [0.4, 0.5) is 0 Å². The molecule has 0 bridgehead atoms. The highest BCUT2D eigenvalue weighted by atomic mass is 35.5. The number of hydrogen-bond acceptors (Lipinski definition) is 4. The number of nitrogens with zero attached hydrogens (tertiary/aromatic N) is 2. The van der Waals surface area contributed by atoms with Gasteiger partial charge in [-0.3, -0.25) is 15.3 Å². The minimum atomic E-state index is 0.112. The highest BCUT2D eigenvalue weighted by Gasteiger charge is 2.55. The molecule has 1 saturated heterocycles. The van der Waals surface area contributed by atoms with Gasteiger partial charge >= 0.3 is 0 Å². The van der Waals surface area contributed by atoms with Gasteiger partial charge in [-0.1, -0.05) is 11.6 Å². The Balaban J connectivity index is 1.99. The van der Waals surface area contributed by atoms with E-state index in [9.17, 15) is 0 Å².